The van der Waals surface area contributed by atoms with Crippen molar-refractivity contribution in [3.8, 4) is 0 Å². The third-order valence-corrected chi connectivity index (χ3v) is 4.19. The van der Waals surface area contributed by atoms with Crippen molar-refractivity contribution in [3.05, 3.63) is 16.1 Å². The first-order valence-corrected chi connectivity index (χ1v) is 6.86. The highest BCUT2D eigenvalue weighted by Gasteiger charge is 2.12. The summed E-state index contributed by atoms with van der Waals surface area (Å²) in [5.41, 5.74) is 3.14. The number of rotatable bonds is 3. The van der Waals surface area contributed by atoms with Crippen LogP contribution < -0.4 is 5.32 Å². The fourth-order valence-electron chi connectivity index (χ4n) is 2.22. The topological polar surface area (TPSA) is 24.9 Å². The molecule has 3 heteroatoms. The van der Waals surface area contributed by atoms with Crippen LogP contribution in [0.5, 0.6) is 0 Å². The second-order valence-corrected chi connectivity index (χ2v) is 5.37. The van der Waals surface area contributed by atoms with Gasteiger partial charge < -0.3 is 5.32 Å². The van der Waals surface area contributed by atoms with Crippen LogP contribution in [0.4, 0.5) is 0 Å². The van der Waals surface area contributed by atoms with Gasteiger partial charge in [-0.25, -0.2) is 4.98 Å². The predicted molar refractivity (Wildman–Crippen MR) is 65.2 cm³/mol. The third kappa shape index (κ3) is 3.28. The molecular weight excluding hydrogens is 204 g/mol. The molecule has 0 spiro atoms. The van der Waals surface area contributed by atoms with Gasteiger partial charge in [0.25, 0.3) is 0 Å². The molecule has 2 nitrogen and oxygen atoms in total. The predicted octanol–water partition coefficient (Wildman–Crippen LogP) is 3.26. The average Bonchev–Trinajstić information content (AvgIpc) is 2.53. The molecule has 1 fully saturated rings. The molecule has 0 atom stereocenters. The van der Waals surface area contributed by atoms with Crippen molar-refractivity contribution in [2.75, 3.05) is 0 Å². The summed E-state index contributed by atoms with van der Waals surface area (Å²) in [6.07, 6.45) is 8.38. The molecule has 0 saturated heterocycles. The van der Waals surface area contributed by atoms with Crippen molar-refractivity contribution >= 4 is 11.3 Å². The van der Waals surface area contributed by atoms with Gasteiger partial charge in [-0.15, -0.1) is 11.3 Å². The van der Waals surface area contributed by atoms with Crippen LogP contribution in [0.25, 0.3) is 0 Å². The van der Waals surface area contributed by atoms with Gasteiger partial charge in [0.05, 0.1) is 11.2 Å². The summed E-state index contributed by atoms with van der Waals surface area (Å²) in [4.78, 5) is 5.68. The molecule has 2 rings (SSSR count). The maximum atomic E-state index is 4.28. The van der Waals surface area contributed by atoms with Gasteiger partial charge in [0.1, 0.15) is 0 Å². The van der Waals surface area contributed by atoms with Crippen LogP contribution in [-0.4, -0.2) is 11.0 Å². The number of hydrogen-bond donors (Lipinski definition) is 1. The lowest BCUT2D eigenvalue weighted by atomic mass is 10.1. The van der Waals surface area contributed by atoms with E-state index < -0.39 is 0 Å². The zero-order valence-corrected chi connectivity index (χ0v) is 10.3. The first kappa shape index (κ1) is 11.1. The SMILES string of the molecule is Cc1ncsc1CNC1CCCCCC1. The summed E-state index contributed by atoms with van der Waals surface area (Å²) in [6.45, 7) is 3.11. The van der Waals surface area contributed by atoms with Crippen LogP contribution in [0.1, 0.15) is 49.1 Å². The van der Waals surface area contributed by atoms with E-state index in [1.807, 2.05) is 5.51 Å². The zero-order valence-electron chi connectivity index (χ0n) is 9.46. The summed E-state index contributed by atoms with van der Waals surface area (Å²) in [5.74, 6) is 0. The highest BCUT2D eigenvalue weighted by molar-refractivity contribution is 7.09. The molecular formula is C12H20N2S. The van der Waals surface area contributed by atoms with Crippen LogP contribution in [0.15, 0.2) is 5.51 Å². The minimum absolute atomic E-state index is 0.744. The Morgan fingerprint density at radius 1 is 1.33 bits per heavy atom. The van der Waals surface area contributed by atoms with Gasteiger partial charge in [0.15, 0.2) is 0 Å². The van der Waals surface area contributed by atoms with Crippen LogP contribution in [0.3, 0.4) is 0 Å². The smallest absolute Gasteiger partial charge is 0.0798 e. The molecule has 0 unspecified atom stereocenters. The van der Waals surface area contributed by atoms with E-state index in [0.717, 1.165) is 12.6 Å². The third-order valence-electron chi connectivity index (χ3n) is 3.25. The van der Waals surface area contributed by atoms with E-state index in [-0.39, 0.29) is 0 Å². The van der Waals surface area contributed by atoms with Crippen molar-refractivity contribution in [2.45, 2.75) is 58.0 Å². The first-order valence-electron chi connectivity index (χ1n) is 5.98. The van der Waals surface area contributed by atoms with Crippen molar-refractivity contribution in [3.63, 3.8) is 0 Å². The van der Waals surface area contributed by atoms with E-state index in [0.29, 0.717) is 0 Å². The standard InChI is InChI=1S/C12H20N2S/c1-10-12(15-9-14-10)8-13-11-6-4-2-3-5-7-11/h9,11,13H,2-8H2,1H3. The Hall–Kier alpha value is -0.410. The quantitative estimate of drug-likeness (QED) is 0.797. The number of nitrogens with one attached hydrogen (secondary N) is 1. The van der Waals surface area contributed by atoms with Crippen molar-refractivity contribution in [1.82, 2.24) is 10.3 Å². The van der Waals surface area contributed by atoms with Gasteiger partial charge in [0.2, 0.25) is 0 Å². The minimum Gasteiger partial charge on any atom is -0.309 e. The fourth-order valence-corrected chi connectivity index (χ4v) is 2.94. The molecule has 1 saturated carbocycles. The Bertz CT molecular complexity index is 288. The molecule has 0 amide bonds. The van der Waals surface area contributed by atoms with E-state index >= 15 is 0 Å². The van der Waals surface area contributed by atoms with Crippen molar-refractivity contribution < 1.29 is 0 Å². The van der Waals surface area contributed by atoms with Crippen LogP contribution in [-0.2, 0) is 6.54 Å². The van der Waals surface area contributed by atoms with Gasteiger partial charge in [-0.05, 0) is 19.8 Å². The van der Waals surface area contributed by atoms with E-state index in [2.05, 4.69) is 17.2 Å². The zero-order chi connectivity index (χ0) is 10.5. The Labute approximate surface area is 96.1 Å². The molecule has 1 aliphatic carbocycles. The van der Waals surface area contributed by atoms with E-state index in [9.17, 15) is 0 Å². The molecule has 1 heterocycles. The maximum Gasteiger partial charge on any atom is 0.0798 e. The van der Waals surface area contributed by atoms with E-state index in [1.165, 1.54) is 49.1 Å². The van der Waals surface area contributed by atoms with E-state index in [1.54, 1.807) is 11.3 Å². The van der Waals surface area contributed by atoms with E-state index in [4.69, 9.17) is 0 Å². The number of aryl methyl sites for hydroxylation is 1. The number of hydrogen-bond acceptors (Lipinski definition) is 3. The molecule has 1 N–H and O–H groups in total. The summed E-state index contributed by atoms with van der Waals surface area (Å²) in [5, 5.41) is 3.68. The molecule has 15 heavy (non-hydrogen) atoms. The summed E-state index contributed by atoms with van der Waals surface area (Å²) >= 11 is 1.77. The molecule has 0 aliphatic heterocycles. The van der Waals surface area contributed by atoms with Crippen molar-refractivity contribution in [1.29, 1.82) is 0 Å². The van der Waals surface area contributed by atoms with Gasteiger partial charge in [-0.2, -0.15) is 0 Å². The van der Waals surface area contributed by atoms with Gasteiger partial charge in [0, 0.05) is 17.5 Å². The molecule has 0 radical (unpaired) electrons. The monoisotopic (exact) mass is 224 g/mol. The lowest BCUT2D eigenvalue weighted by molar-refractivity contribution is 0.460. The Morgan fingerprint density at radius 3 is 2.67 bits per heavy atom. The summed E-state index contributed by atoms with van der Waals surface area (Å²) in [7, 11) is 0. The van der Waals surface area contributed by atoms with Gasteiger partial charge in [-0.1, -0.05) is 25.7 Å². The van der Waals surface area contributed by atoms with Crippen LogP contribution >= 0.6 is 11.3 Å². The number of nitrogens with zero attached hydrogens (tertiary/aromatic N) is 1. The molecule has 0 aromatic carbocycles. The fraction of sp³-hybridized carbons (Fsp3) is 0.750. The molecule has 1 aliphatic rings. The number of aromatic nitrogens is 1. The van der Waals surface area contributed by atoms with Crippen LogP contribution in [0, 0.1) is 6.92 Å². The Kier molecular flexibility index (Phi) is 4.15. The summed E-state index contributed by atoms with van der Waals surface area (Å²) < 4.78 is 0. The molecule has 1 aromatic heterocycles. The normalized spacial score (nSPS) is 19.0. The van der Waals surface area contributed by atoms with Crippen molar-refractivity contribution in [2.24, 2.45) is 0 Å². The molecule has 1 aromatic rings. The largest absolute Gasteiger partial charge is 0.309 e. The number of thiazole rings is 1. The highest BCUT2D eigenvalue weighted by Crippen LogP contribution is 2.18. The van der Waals surface area contributed by atoms with Gasteiger partial charge in [-0.3, -0.25) is 0 Å². The van der Waals surface area contributed by atoms with Crippen LogP contribution in [0.2, 0.25) is 0 Å². The highest BCUT2D eigenvalue weighted by atomic mass is 32.1. The second kappa shape index (κ2) is 5.61. The second-order valence-electron chi connectivity index (χ2n) is 4.43. The lowest BCUT2D eigenvalue weighted by Gasteiger charge is -2.15. The first-order chi connectivity index (χ1) is 7.36. The molecule has 84 valence electrons. The molecule has 0 bridgehead atoms. The van der Waals surface area contributed by atoms with Gasteiger partial charge >= 0.3 is 0 Å². The minimum atomic E-state index is 0.744. The maximum absolute atomic E-state index is 4.28. The Balaban J connectivity index is 1.79. The average molecular weight is 224 g/mol. The summed E-state index contributed by atoms with van der Waals surface area (Å²) in [6, 6.07) is 0.744. The lowest BCUT2D eigenvalue weighted by Crippen LogP contribution is -2.27. The Morgan fingerprint density at radius 2 is 2.07 bits per heavy atom.